The van der Waals surface area contributed by atoms with Crippen molar-refractivity contribution in [1.29, 1.82) is 0 Å². The predicted molar refractivity (Wildman–Crippen MR) is 128 cm³/mol. The summed E-state index contributed by atoms with van der Waals surface area (Å²) in [7, 11) is 1.55. The molecule has 31 heavy (non-hydrogen) atoms. The molecule has 3 rings (SSSR count). The summed E-state index contributed by atoms with van der Waals surface area (Å²) in [5.74, 6) is 0.236. The minimum Gasteiger partial charge on any atom is -0.497 e. The van der Waals surface area contributed by atoms with Crippen LogP contribution in [0.1, 0.15) is 17.3 Å². The van der Waals surface area contributed by atoms with Gasteiger partial charge in [-0.05, 0) is 67.6 Å². The average molecular weight is 475 g/mol. The maximum atomic E-state index is 12.5. The van der Waals surface area contributed by atoms with Gasteiger partial charge in [0.05, 0.1) is 22.4 Å². The van der Waals surface area contributed by atoms with Crippen LogP contribution >= 0.6 is 35.0 Å². The molecule has 3 aromatic carbocycles. The number of rotatable bonds is 7. The Labute approximate surface area is 195 Å². The minimum atomic E-state index is -0.341. The fourth-order valence-corrected chi connectivity index (χ4v) is 3.83. The maximum absolute atomic E-state index is 12.5. The summed E-state index contributed by atoms with van der Waals surface area (Å²) in [6.45, 7) is 1.82. The summed E-state index contributed by atoms with van der Waals surface area (Å²) >= 11 is 13.3. The molecular weight excluding hydrogens is 455 g/mol. The van der Waals surface area contributed by atoms with E-state index in [-0.39, 0.29) is 17.1 Å². The Morgan fingerprint density at radius 2 is 1.61 bits per heavy atom. The second-order valence-corrected chi connectivity index (χ2v) is 8.82. The number of ether oxygens (including phenoxy) is 1. The van der Waals surface area contributed by atoms with Crippen molar-refractivity contribution in [3.63, 3.8) is 0 Å². The number of hydrogen-bond acceptors (Lipinski definition) is 4. The number of methoxy groups -OCH3 is 1. The number of benzene rings is 3. The van der Waals surface area contributed by atoms with Gasteiger partial charge in [-0.1, -0.05) is 29.3 Å². The van der Waals surface area contributed by atoms with Crippen molar-refractivity contribution in [3.8, 4) is 5.75 Å². The summed E-state index contributed by atoms with van der Waals surface area (Å²) in [6.07, 6.45) is 0. The molecule has 0 bridgehead atoms. The first kappa shape index (κ1) is 23.0. The Morgan fingerprint density at radius 3 is 2.29 bits per heavy atom. The Balaban J connectivity index is 1.57. The van der Waals surface area contributed by atoms with E-state index in [0.717, 1.165) is 4.90 Å². The van der Waals surface area contributed by atoms with Gasteiger partial charge in [0.2, 0.25) is 5.91 Å². The molecule has 0 radical (unpaired) electrons. The topological polar surface area (TPSA) is 67.4 Å². The van der Waals surface area contributed by atoms with E-state index in [4.69, 9.17) is 27.9 Å². The van der Waals surface area contributed by atoms with Crippen LogP contribution in [0, 0.1) is 0 Å². The van der Waals surface area contributed by atoms with Crippen LogP contribution in [-0.4, -0.2) is 24.2 Å². The fourth-order valence-electron chi connectivity index (χ4n) is 2.66. The molecule has 160 valence electrons. The number of anilines is 2. The van der Waals surface area contributed by atoms with Crippen LogP contribution < -0.4 is 15.4 Å². The van der Waals surface area contributed by atoms with Gasteiger partial charge in [0.25, 0.3) is 5.91 Å². The second-order valence-electron chi connectivity index (χ2n) is 6.59. The van der Waals surface area contributed by atoms with Gasteiger partial charge in [0.1, 0.15) is 5.75 Å². The predicted octanol–water partition coefficient (Wildman–Crippen LogP) is 6.37. The quantitative estimate of drug-likeness (QED) is 0.390. The lowest BCUT2D eigenvalue weighted by atomic mass is 10.2. The summed E-state index contributed by atoms with van der Waals surface area (Å²) in [6, 6.07) is 19.2. The van der Waals surface area contributed by atoms with Gasteiger partial charge in [-0.15, -0.1) is 11.8 Å². The van der Waals surface area contributed by atoms with E-state index in [1.54, 1.807) is 61.7 Å². The van der Waals surface area contributed by atoms with E-state index in [1.165, 1.54) is 11.8 Å². The van der Waals surface area contributed by atoms with Crippen molar-refractivity contribution in [1.82, 2.24) is 0 Å². The SMILES string of the molecule is COc1cccc(C(=O)Nc2ccc(SC(C)C(=O)Nc3ccc(Cl)c(Cl)c3)cc2)c1. The molecule has 0 heterocycles. The normalized spacial score (nSPS) is 11.5. The third-order valence-corrected chi connectivity index (χ3v) is 6.16. The molecule has 0 saturated carbocycles. The largest absolute Gasteiger partial charge is 0.497 e. The highest BCUT2D eigenvalue weighted by Gasteiger charge is 2.15. The zero-order chi connectivity index (χ0) is 22.4. The van der Waals surface area contributed by atoms with Crippen LogP contribution in [-0.2, 0) is 4.79 Å². The maximum Gasteiger partial charge on any atom is 0.255 e. The lowest BCUT2D eigenvalue weighted by Crippen LogP contribution is -2.22. The highest BCUT2D eigenvalue weighted by Crippen LogP contribution is 2.28. The number of nitrogens with one attached hydrogen (secondary N) is 2. The molecule has 0 aliphatic carbocycles. The third-order valence-electron chi connectivity index (χ3n) is 4.31. The van der Waals surface area contributed by atoms with Crippen LogP contribution in [0.25, 0.3) is 0 Å². The second kappa shape index (κ2) is 10.6. The van der Waals surface area contributed by atoms with Crippen molar-refractivity contribution in [2.45, 2.75) is 17.1 Å². The van der Waals surface area contributed by atoms with Crippen molar-refractivity contribution in [2.24, 2.45) is 0 Å². The van der Waals surface area contributed by atoms with Gasteiger partial charge in [-0.3, -0.25) is 9.59 Å². The number of carbonyl (C=O) groups excluding carboxylic acids is 2. The van der Waals surface area contributed by atoms with Crippen molar-refractivity contribution < 1.29 is 14.3 Å². The van der Waals surface area contributed by atoms with E-state index in [1.807, 2.05) is 19.1 Å². The Bertz CT molecular complexity index is 1090. The van der Waals surface area contributed by atoms with Gasteiger partial charge in [-0.2, -0.15) is 0 Å². The van der Waals surface area contributed by atoms with Gasteiger partial charge in [-0.25, -0.2) is 0 Å². The molecule has 0 saturated heterocycles. The van der Waals surface area contributed by atoms with Crippen LogP contribution in [0.2, 0.25) is 10.0 Å². The lowest BCUT2D eigenvalue weighted by Gasteiger charge is -2.13. The molecule has 2 amide bonds. The molecule has 3 aromatic rings. The summed E-state index contributed by atoms with van der Waals surface area (Å²) in [4.78, 5) is 25.8. The molecule has 0 aliphatic rings. The molecule has 5 nitrogen and oxygen atoms in total. The fraction of sp³-hybridized carbons (Fsp3) is 0.130. The summed E-state index contributed by atoms with van der Waals surface area (Å²) in [5, 5.41) is 6.14. The van der Waals surface area contributed by atoms with Crippen LogP contribution in [0.4, 0.5) is 11.4 Å². The number of halogens is 2. The molecule has 1 unspecified atom stereocenters. The van der Waals surface area contributed by atoms with Crippen molar-refractivity contribution in [3.05, 3.63) is 82.3 Å². The third kappa shape index (κ3) is 6.40. The lowest BCUT2D eigenvalue weighted by molar-refractivity contribution is -0.115. The molecule has 0 fully saturated rings. The van der Waals surface area contributed by atoms with Crippen LogP contribution in [0.3, 0.4) is 0 Å². The summed E-state index contributed by atoms with van der Waals surface area (Å²) in [5.41, 5.74) is 1.75. The van der Waals surface area contributed by atoms with E-state index in [9.17, 15) is 9.59 Å². The highest BCUT2D eigenvalue weighted by molar-refractivity contribution is 8.00. The number of thioether (sulfide) groups is 1. The van der Waals surface area contributed by atoms with Crippen molar-refractivity contribution >= 4 is 58.2 Å². The molecule has 2 N–H and O–H groups in total. The first-order chi connectivity index (χ1) is 14.9. The number of amides is 2. The van der Waals surface area contributed by atoms with Gasteiger partial charge >= 0.3 is 0 Å². The smallest absolute Gasteiger partial charge is 0.255 e. The Hall–Kier alpha value is -2.67. The van der Waals surface area contributed by atoms with Crippen molar-refractivity contribution in [2.75, 3.05) is 17.7 Å². The summed E-state index contributed by atoms with van der Waals surface area (Å²) < 4.78 is 5.15. The highest BCUT2D eigenvalue weighted by atomic mass is 35.5. The molecule has 0 aromatic heterocycles. The first-order valence-electron chi connectivity index (χ1n) is 9.34. The van der Waals surface area contributed by atoms with Gasteiger partial charge in [0.15, 0.2) is 0 Å². The Morgan fingerprint density at radius 1 is 0.903 bits per heavy atom. The monoisotopic (exact) mass is 474 g/mol. The first-order valence-corrected chi connectivity index (χ1v) is 11.0. The molecular formula is C23H20Cl2N2O3S. The van der Waals surface area contributed by atoms with E-state index in [2.05, 4.69) is 10.6 Å². The zero-order valence-corrected chi connectivity index (χ0v) is 19.1. The van der Waals surface area contributed by atoms with Crippen LogP contribution in [0.15, 0.2) is 71.6 Å². The zero-order valence-electron chi connectivity index (χ0n) is 16.8. The molecule has 0 aliphatic heterocycles. The van der Waals surface area contributed by atoms with E-state index < -0.39 is 0 Å². The standard InChI is InChI=1S/C23H20Cl2N2O3S/c1-14(22(28)27-17-8-11-20(24)21(25)13-17)31-19-9-6-16(7-10-19)26-23(29)15-4-3-5-18(12-15)30-2/h3-14H,1-2H3,(H,26,29)(H,27,28). The molecule has 1 atom stereocenters. The van der Waals surface area contributed by atoms with Gasteiger partial charge in [0, 0.05) is 21.8 Å². The van der Waals surface area contributed by atoms with E-state index in [0.29, 0.717) is 32.7 Å². The number of carbonyl (C=O) groups is 2. The number of hydrogen-bond donors (Lipinski definition) is 2. The average Bonchev–Trinajstić information content (AvgIpc) is 2.77. The molecule has 0 spiro atoms. The molecule has 8 heteroatoms. The minimum absolute atomic E-state index is 0.154. The van der Waals surface area contributed by atoms with Crippen LogP contribution in [0.5, 0.6) is 5.75 Å². The Kier molecular flexibility index (Phi) is 7.85. The van der Waals surface area contributed by atoms with E-state index >= 15 is 0 Å². The van der Waals surface area contributed by atoms with Gasteiger partial charge < -0.3 is 15.4 Å².